The molecule has 3 aromatic carbocycles. The fraction of sp³-hybridized carbons (Fsp3) is 0.185. The van der Waals surface area contributed by atoms with Crippen molar-refractivity contribution in [2.45, 2.75) is 26.6 Å². The average Bonchev–Trinajstić information content (AvgIpc) is 3.12. The van der Waals surface area contributed by atoms with Crippen molar-refractivity contribution in [3.8, 4) is 11.5 Å². The van der Waals surface area contributed by atoms with Crippen LogP contribution in [0, 0.1) is 0 Å². The second-order valence-electron chi connectivity index (χ2n) is 7.82. The van der Waals surface area contributed by atoms with E-state index in [1.165, 1.54) is 12.1 Å². The van der Waals surface area contributed by atoms with E-state index >= 15 is 0 Å². The van der Waals surface area contributed by atoms with Crippen molar-refractivity contribution in [1.82, 2.24) is 0 Å². The van der Waals surface area contributed by atoms with Gasteiger partial charge in [0.1, 0.15) is 6.61 Å². The molecule has 0 unspecified atom stereocenters. The molecule has 0 aromatic heterocycles. The third kappa shape index (κ3) is 5.54. The molecule has 5 nitrogen and oxygen atoms in total. The van der Waals surface area contributed by atoms with Crippen LogP contribution in [0.4, 0.5) is 18.9 Å². The van der Waals surface area contributed by atoms with Gasteiger partial charge in [0.15, 0.2) is 11.5 Å². The molecule has 35 heavy (non-hydrogen) atoms. The molecular formula is C27H23F3N2O3. The SMILES string of the molecule is CCOc1cc(/C=C2\C(=O)N(c3cccc(C(F)(F)F)c3)N=C2C)ccc1OCc1ccccc1. The smallest absolute Gasteiger partial charge is 0.416 e. The summed E-state index contributed by atoms with van der Waals surface area (Å²) in [5.41, 5.74) is 1.56. The van der Waals surface area contributed by atoms with E-state index in [4.69, 9.17) is 9.47 Å². The molecule has 1 amide bonds. The van der Waals surface area contributed by atoms with Crippen LogP contribution in [0.15, 0.2) is 83.5 Å². The van der Waals surface area contributed by atoms with E-state index in [-0.39, 0.29) is 11.3 Å². The number of rotatable bonds is 7. The molecule has 3 aromatic rings. The molecule has 0 spiro atoms. The number of ether oxygens (including phenoxy) is 2. The minimum Gasteiger partial charge on any atom is -0.490 e. The minimum absolute atomic E-state index is 0.0484. The Labute approximate surface area is 201 Å². The molecule has 0 bridgehead atoms. The number of carbonyl (C=O) groups excluding carboxylic acids is 1. The molecule has 1 heterocycles. The molecule has 180 valence electrons. The first-order valence-electron chi connectivity index (χ1n) is 11.0. The Hall–Kier alpha value is -4.07. The van der Waals surface area contributed by atoms with Crippen LogP contribution in [-0.4, -0.2) is 18.2 Å². The summed E-state index contributed by atoms with van der Waals surface area (Å²) in [5.74, 6) is 0.573. The fourth-order valence-corrected chi connectivity index (χ4v) is 3.58. The second kappa shape index (κ2) is 10.0. The number of carbonyl (C=O) groups is 1. The zero-order valence-electron chi connectivity index (χ0n) is 19.2. The highest BCUT2D eigenvalue weighted by atomic mass is 19.4. The normalized spacial score (nSPS) is 14.9. The highest BCUT2D eigenvalue weighted by Gasteiger charge is 2.33. The third-order valence-electron chi connectivity index (χ3n) is 5.30. The van der Waals surface area contributed by atoms with Crippen LogP contribution < -0.4 is 14.5 Å². The third-order valence-corrected chi connectivity index (χ3v) is 5.30. The number of anilines is 1. The van der Waals surface area contributed by atoms with Gasteiger partial charge >= 0.3 is 6.18 Å². The van der Waals surface area contributed by atoms with Gasteiger partial charge in [0.2, 0.25) is 0 Å². The quantitative estimate of drug-likeness (QED) is 0.363. The Morgan fingerprint density at radius 3 is 2.43 bits per heavy atom. The summed E-state index contributed by atoms with van der Waals surface area (Å²) < 4.78 is 51.0. The van der Waals surface area contributed by atoms with Gasteiger partial charge in [-0.3, -0.25) is 4.79 Å². The number of hydrogen-bond donors (Lipinski definition) is 0. The molecule has 0 saturated heterocycles. The lowest BCUT2D eigenvalue weighted by molar-refractivity contribution is -0.137. The predicted octanol–water partition coefficient (Wildman–Crippen LogP) is 6.49. The molecule has 1 aliphatic heterocycles. The lowest BCUT2D eigenvalue weighted by Crippen LogP contribution is -2.21. The van der Waals surface area contributed by atoms with Gasteiger partial charge in [-0.1, -0.05) is 42.5 Å². The van der Waals surface area contributed by atoms with Crippen molar-refractivity contribution in [3.63, 3.8) is 0 Å². The topological polar surface area (TPSA) is 51.1 Å². The maximum atomic E-state index is 13.1. The summed E-state index contributed by atoms with van der Waals surface area (Å²) in [5, 5.41) is 5.17. The predicted molar refractivity (Wildman–Crippen MR) is 128 cm³/mol. The number of benzene rings is 3. The Kier molecular flexibility index (Phi) is 6.91. The van der Waals surface area contributed by atoms with Crippen molar-refractivity contribution in [2.24, 2.45) is 5.10 Å². The van der Waals surface area contributed by atoms with Crippen LogP contribution in [-0.2, 0) is 17.6 Å². The van der Waals surface area contributed by atoms with Gasteiger partial charge < -0.3 is 9.47 Å². The molecule has 0 radical (unpaired) electrons. The maximum Gasteiger partial charge on any atom is 0.416 e. The molecule has 0 fully saturated rings. The molecule has 0 saturated carbocycles. The van der Waals surface area contributed by atoms with Gasteiger partial charge in [-0.2, -0.15) is 23.3 Å². The van der Waals surface area contributed by atoms with Gasteiger partial charge in [-0.05, 0) is 61.4 Å². The van der Waals surface area contributed by atoms with Crippen molar-refractivity contribution >= 4 is 23.4 Å². The number of hydrogen-bond acceptors (Lipinski definition) is 4. The summed E-state index contributed by atoms with van der Waals surface area (Å²) in [7, 11) is 0. The average molecular weight is 480 g/mol. The standard InChI is InChI=1S/C27H23F3N2O3/c1-3-34-25-15-20(12-13-24(25)35-17-19-8-5-4-6-9-19)14-23-18(2)31-32(26(23)33)22-11-7-10-21(16-22)27(28,29)30/h4-16H,3,17H2,1-2H3/b23-14-. The molecule has 4 rings (SSSR count). The van der Waals surface area contributed by atoms with Gasteiger partial charge in [0.05, 0.1) is 29.1 Å². The van der Waals surface area contributed by atoms with E-state index in [2.05, 4.69) is 5.10 Å². The number of alkyl halides is 3. The van der Waals surface area contributed by atoms with Gasteiger partial charge in [-0.15, -0.1) is 0 Å². The number of hydrazone groups is 1. The van der Waals surface area contributed by atoms with Gasteiger partial charge in [0, 0.05) is 0 Å². The Bertz CT molecular complexity index is 1280. The van der Waals surface area contributed by atoms with Crippen molar-refractivity contribution in [1.29, 1.82) is 0 Å². The molecular weight excluding hydrogens is 457 g/mol. The Balaban J connectivity index is 1.57. The molecule has 0 aliphatic carbocycles. The molecule has 0 atom stereocenters. The van der Waals surface area contributed by atoms with E-state index in [1.807, 2.05) is 37.3 Å². The van der Waals surface area contributed by atoms with E-state index < -0.39 is 17.6 Å². The van der Waals surface area contributed by atoms with E-state index in [0.29, 0.717) is 36.0 Å². The maximum absolute atomic E-state index is 13.1. The number of nitrogens with zero attached hydrogens (tertiary/aromatic N) is 2. The van der Waals surface area contributed by atoms with Crippen LogP contribution >= 0.6 is 0 Å². The number of halogens is 3. The van der Waals surface area contributed by atoms with Crippen LogP contribution in [0.2, 0.25) is 0 Å². The van der Waals surface area contributed by atoms with Crippen molar-refractivity contribution in [2.75, 3.05) is 11.6 Å². The van der Waals surface area contributed by atoms with E-state index in [1.54, 1.807) is 31.2 Å². The Morgan fingerprint density at radius 1 is 0.943 bits per heavy atom. The largest absolute Gasteiger partial charge is 0.490 e. The van der Waals surface area contributed by atoms with Crippen LogP contribution in [0.3, 0.4) is 0 Å². The zero-order chi connectivity index (χ0) is 25.0. The summed E-state index contributed by atoms with van der Waals surface area (Å²) in [6.45, 7) is 4.29. The van der Waals surface area contributed by atoms with Crippen LogP contribution in [0.25, 0.3) is 6.08 Å². The molecule has 1 aliphatic rings. The summed E-state index contributed by atoms with van der Waals surface area (Å²) >= 11 is 0. The van der Waals surface area contributed by atoms with Crippen molar-refractivity contribution in [3.05, 3.63) is 95.1 Å². The highest BCUT2D eigenvalue weighted by molar-refractivity contribution is 6.32. The molecule has 8 heteroatoms. The number of amides is 1. The van der Waals surface area contributed by atoms with Crippen LogP contribution in [0.5, 0.6) is 11.5 Å². The van der Waals surface area contributed by atoms with Gasteiger partial charge in [-0.25, -0.2) is 0 Å². The Morgan fingerprint density at radius 2 is 1.71 bits per heavy atom. The van der Waals surface area contributed by atoms with Gasteiger partial charge in [0.25, 0.3) is 5.91 Å². The van der Waals surface area contributed by atoms with Crippen LogP contribution in [0.1, 0.15) is 30.5 Å². The zero-order valence-corrected chi connectivity index (χ0v) is 19.2. The van der Waals surface area contributed by atoms with Crippen molar-refractivity contribution < 1.29 is 27.4 Å². The lowest BCUT2D eigenvalue weighted by atomic mass is 10.1. The minimum atomic E-state index is -4.52. The summed E-state index contributed by atoms with van der Waals surface area (Å²) in [6, 6.07) is 19.5. The first-order valence-corrected chi connectivity index (χ1v) is 11.0. The molecule has 0 N–H and O–H groups in total. The summed E-state index contributed by atoms with van der Waals surface area (Å²) in [4.78, 5) is 13.0. The highest BCUT2D eigenvalue weighted by Crippen LogP contribution is 2.34. The first kappa shape index (κ1) is 24.1. The van der Waals surface area contributed by atoms with E-state index in [9.17, 15) is 18.0 Å². The second-order valence-corrected chi connectivity index (χ2v) is 7.82. The monoisotopic (exact) mass is 480 g/mol. The first-order chi connectivity index (χ1) is 16.8. The lowest BCUT2D eigenvalue weighted by Gasteiger charge is -2.14. The fourth-order valence-electron chi connectivity index (χ4n) is 3.58. The van der Waals surface area contributed by atoms with E-state index in [0.717, 1.165) is 22.7 Å². The summed E-state index contributed by atoms with van der Waals surface area (Å²) in [6.07, 6.45) is -2.88.